The minimum absolute atomic E-state index is 0.0212. The quantitative estimate of drug-likeness (QED) is 0.727. The summed E-state index contributed by atoms with van der Waals surface area (Å²) in [6, 6.07) is 15.5. The summed E-state index contributed by atoms with van der Waals surface area (Å²) in [6.07, 6.45) is 4.08. The monoisotopic (exact) mass is 418 g/mol. The lowest BCUT2D eigenvalue weighted by Gasteiger charge is -2.44. The fourth-order valence-electron chi connectivity index (χ4n) is 5.81. The number of hydrogen-bond donors (Lipinski definition) is 1. The molecule has 2 atom stereocenters. The number of ether oxygens (including phenoxy) is 1. The molecule has 0 spiro atoms. The number of carbonyl (C=O) groups is 1. The van der Waals surface area contributed by atoms with Crippen molar-refractivity contribution in [1.29, 1.82) is 0 Å². The van der Waals surface area contributed by atoms with Crippen LogP contribution in [0.2, 0.25) is 0 Å². The third-order valence-corrected chi connectivity index (χ3v) is 7.67. The van der Waals surface area contributed by atoms with Crippen molar-refractivity contribution >= 4 is 6.09 Å². The first-order valence-corrected chi connectivity index (χ1v) is 11.8. The highest BCUT2D eigenvalue weighted by Gasteiger charge is 2.42. The minimum atomic E-state index is -0.260. The molecule has 4 nitrogen and oxygen atoms in total. The Morgan fingerprint density at radius 3 is 2.61 bits per heavy atom. The molecule has 3 fully saturated rings. The minimum Gasteiger partial charge on any atom is -0.445 e. The Hall–Kier alpha value is -2.33. The van der Waals surface area contributed by atoms with Gasteiger partial charge in [-0.3, -0.25) is 4.90 Å². The molecule has 3 aliphatic heterocycles. The molecule has 3 heterocycles. The third-order valence-electron chi connectivity index (χ3n) is 7.67. The average molecular weight is 419 g/mol. The maximum Gasteiger partial charge on any atom is 0.407 e. The number of alkyl carbamates (subject to hydrolysis) is 1. The van der Waals surface area contributed by atoms with Gasteiger partial charge >= 0.3 is 6.09 Å². The van der Waals surface area contributed by atoms with Crippen molar-refractivity contribution in [2.45, 2.75) is 58.6 Å². The second-order valence-electron chi connectivity index (χ2n) is 10.3. The molecule has 4 aliphatic rings. The van der Waals surface area contributed by atoms with Gasteiger partial charge in [0.25, 0.3) is 0 Å². The van der Waals surface area contributed by atoms with Gasteiger partial charge in [0, 0.05) is 6.54 Å². The Labute approximate surface area is 186 Å². The zero-order chi connectivity index (χ0) is 21.6. The van der Waals surface area contributed by atoms with Crippen molar-refractivity contribution in [1.82, 2.24) is 10.2 Å². The molecule has 1 N–H and O–H groups in total. The third kappa shape index (κ3) is 3.98. The molecule has 6 rings (SSSR count). The SMILES string of the molecule is CCc1cccc(-c2ccc3c(c2)CC(C)(C)[C@H]3NC(=O)O[C@H]2CN3CCC2CC3)c1. The summed E-state index contributed by atoms with van der Waals surface area (Å²) in [7, 11) is 0. The van der Waals surface area contributed by atoms with Crippen molar-refractivity contribution in [2.24, 2.45) is 11.3 Å². The Morgan fingerprint density at radius 2 is 1.90 bits per heavy atom. The number of aryl methyl sites for hydroxylation is 1. The molecule has 3 saturated heterocycles. The number of hydrogen-bond acceptors (Lipinski definition) is 3. The normalized spacial score (nSPS) is 28.2. The van der Waals surface area contributed by atoms with Crippen LogP contribution in [0.5, 0.6) is 0 Å². The van der Waals surface area contributed by atoms with Gasteiger partial charge in [-0.05, 0) is 77.9 Å². The van der Waals surface area contributed by atoms with Crippen LogP contribution in [0.1, 0.15) is 56.3 Å². The number of nitrogens with one attached hydrogen (secondary N) is 1. The van der Waals surface area contributed by atoms with E-state index in [2.05, 4.69) is 73.5 Å². The lowest BCUT2D eigenvalue weighted by molar-refractivity contribution is -0.0348. The summed E-state index contributed by atoms with van der Waals surface area (Å²) < 4.78 is 5.92. The Morgan fingerprint density at radius 1 is 1.13 bits per heavy atom. The maximum atomic E-state index is 12.8. The predicted molar refractivity (Wildman–Crippen MR) is 124 cm³/mol. The maximum absolute atomic E-state index is 12.8. The van der Waals surface area contributed by atoms with Gasteiger partial charge in [-0.1, -0.05) is 63.2 Å². The van der Waals surface area contributed by atoms with E-state index in [0.717, 1.165) is 45.3 Å². The number of benzene rings is 2. The van der Waals surface area contributed by atoms with Crippen LogP contribution in [-0.4, -0.2) is 36.7 Å². The smallest absolute Gasteiger partial charge is 0.407 e. The number of rotatable bonds is 4. The summed E-state index contributed by atoms with van der Waals surface area (Å²) in [6.45, 7) is 9.86. The van der Waals surface area contributed by atoms with Gasteiger partial charge in [0.05, 0.1) is 6.04 Å². The fourth-order valence-corrected chi connectivity index (χ4v) is 5.81. The summed E-state index contributed by atoms with van der Waals surface area (Å²) in [5.74, 6) is 0.529. The van der Waals surface area contributed by atoms with Gasteiger partial charge in [-0.15, -0.1) is 0 Å². The standard InChI is InChI=1S/C27H34N2O2/c1-4-18-6-5-7-20(14-18)21-8-9-23-22(15-21)16-27(2,3)25(23)28-26(30)31-24-17-29-12-10-19(24)11-13-29/h5-9,14-15,19,24-25H,4,10-13,16-17H2,1-3H3,(H,28,30)/t24-,25-/m0/s1. The van der Waals surface area contributed by atoms with E-state index in [0.29, 0.717) is 5.92 Å². The average Bonchev–Trinajstić information content (AvgIpc) is 3.03. The number of amides is 1. The van der Waals surface area contributed by atoms with Crippen LogP contribution >= 0.6 is 0 Å². The number of carbonyl (C=O) groups excluding carboxylic acids is 1. The van der Waals surface area contributed by atoms with Crippen LogP contribution in [-0.2, 0) is 17.6 Å². The molecule has 0 unspecified atom stereocenters. The molecule has 0 aromatic heterocycles. The Kier molecular flexibility index (Phi) is 5.29. The zero-order valence-corrected chi connectivity index (χ0v) is 19.0. The topological polar surface area (TPSA) is 41.6 Å². The molecular weight excluding hydrogens is 384 g/mol. The number of piperidine rings is 3. The van der Waals surface area contributed by atoms with Gasteiger partial charge in [0.2, 0.25) is 0 Å². The number of fused-ring (bicyclic) bond motifs is 4. The van der Waals surface area contributed by atoms with Gasteiger partial charge in [0.15, 0.2) is 0 Å². The van der Waals surface area contributed by atoms with E-state index in [1.54, 1.807) is 0 Å². The van der Waals surface area contributed by atoms with Crippen LogP contribution < -0.4 is 5.32 Å². The van der Waals surface area contributed by atoms with Crippen LogP contribution in [0.25, 0.3) is 11.1 Å². The zero-order valence-electron chi connectivity index (χ0n) is 19.0. The number of nitrogens with zero attached hydrogens (tertiary/aromatic N) is 1. The first-order chi connectivity index (χ1) is 14.9. The van der Waals surface area contributed by atoms with Crippen molar-refractivity contribution < 1.29 is 9.53 Å². The fraction of sp³-hybridized carbons (Fsp3) is 0.519. The van der Waals surface area contributed by atoms with Gasteiger partial charge < -0.3 is 10.1 Å². The van der Waals surface area contributed by atoms with Crippen molar-refractivity contribution in [3.8, 4) is 11.1 Å². The van der Waals surface area contributed by atoms with Crippen molar-refractivity contribution in [3.63, 3.8) is 0 Å². The van der Waals surface area contributed by atoms with Crippen LogP contribution in [0.4, 0.5) is 4.79 Å². The van der Waals surface area contributed by atoms with E-state index in [1.807, 2.05) is 0 Å². The molecule has 1 aliphatic carbocycles. The largest absolute Gasteiger partial charge is 0.445 e. The van der Waals surface area contributed by atoms with Gasteiger partial charge in [-0.2, -0.15) is 0 Å². The highest BCUT2D eigenvalue weighted by atomic mass is 16.6. The van der Waals surface area contributed by atoms with Crippen LogP contribution in [0.15, 0.2) is 42.5 Å². The Balaban J connectivity index is 1.33. The van der Waals surface area contributed by atoms with Gasteiger partial charge in [0.1, 0.15) is 6.10 Å². The van der Waals surface area contributed by atoms with E-state index in [4.69, 9.17) is 4.74 Å². The molecule has 0 saturated carbocycles. The molecule has 0 radical (unpaired) electrons. The van der Waals surface area contributed by atoms with E-state index < -0.39 is 0 Å². The summed E-state index contributed by atoms with van der Waals surface area (Å²) in [5, 5.41) is 3.23. The van der Waals surface area contributed by atoms with Crippen LogP contribution in [0.3, 0.4) is 0 Å². The van der Waals surface area contributed by atoms with Crippen molar-refractivity contribution in [3.05, 3.63) is 59.2 Å². The second kappa shape index (κ2) is 7.98. The van der Waals surface area contributed by atoms with Crippen LogP contribution in [0, 0.1) is 11.3 Å². The van der Waals surface area contributed by atoms with Gasteiger partial charge in [-0.25, -0.2) is 4.79 Å². The summed E-state index contributed by atoms with van der Waals surface area (Å²) in [5.41, 5.74) is 6.39. The molecular formula is C27H34N2O2. The summed E-state index contributed by atoms with van der Waals surface area (Å²) >= 11 is 0. The molecule has 2 aromatic rings. The van der Waals surface area contributed by atoms with Crippen molar-refractivity contribution in [2.75, 3.05) is 19.6 Å². The highest BCUT2D eigenvalue weighted by molar-refractivity contribution is 5.70. The highest BCUT2D eigenvalue weighted by Crippen LogP contribution is 2.46. The molecule has 2 aromatic carbocycles. The lowest BCUT2D eigenvalue weighted by atomic mass is 9.85. The Bertz CT molecular complexity index is 975. The summed E-state index contributed by atoms with van der Waals surface area (Å²) in [4.78, 5) is 15.3. The van der Waals surface area contributed by atoms with E-state index >= 15 is 0 Å². The van der Waals surface area contributed by atoms with E-state index in [9.17, 15) is 4.79 Å². The molecule has 1 amide bonds. The first-order valence-electron chi connectivity index (χ1n) is 11.8. The predicted octanol–water partition coefficient (Wildman–Crippen LogP) is 5.36. The molecule has 164 valence electrons. The first kappa shape index (κ1) is 20.6. The molecule has 31 heavy (non-hydrogen) atoms. The van der Waals surface area contributed by atoms with E-state index in [1.165, 1.54) is 27.8 Å². The molecule has 2 bridgehead atoms. The molecule has 4 heteroatoms. The lowest BCUT2D eigenvalue weighted by Crippen LogP contribution is -2.53. The second-order valence-corrected chi connectivity index (χ2v) is 10.3. The van der Waals surface area contributed by atoms with E-state index in [-0.39, 0.29) is 23.7 Å².